The molecule has 4 heteroatoms. The van der Waals surface area contributed by atoms with Crippen LogP contribution < -0.4 is 5.73 Å². The van der Waals surface area contributed by atoms with Crippen molar-refractivity contribution in [2.24, 2.45) is 5.73 Å². The normalized spacial score (nSPS) is 20.8. The van der Waals surface area contributed by atoms with Crippen LogP contribution in [0.4, 0.5) is 4.39 Å². The number of rotatable bonds is 4. The third-order valence-electron chi connectivity index (χ3n) is 3.92. The van der Waals surface area contributed by atoms with Crippen molar-refractivity contribution >= 4 is 0 Å². The van der Waals surface area contributed by atoms with Gasteiger partial charge >= 0.3 is 0 Å². The van der Waals surface area contributed by atoms with E-state index < -0.39 is 0 Å². The third kappa shape index (κ3) is 3.75. The minimum Gasteiger partial charge on any atom is -0.380 e. The van der Waals surface area contributed by atoms with Gasteiger partial charge in [-0.2, -0.15) is 0 Å². The molecule has 1 aliphatic heterocycles. The van der Waals surface area contributed by atoms with Gasteiger partial charge in [0.1, 0.15) is 5.82 Å². The Labute approximate surface area is 114 Å². The largest absolute Gasteiger partial charge is 0.380 e. The molecule has 2 N–H and O–H groups in total. The van der Waals surface area contributed by atoms with E-state index in [9.17, 15) is 4.39 Å². The zero-order valence-electron chi connectivity index (χ0n) is 11.6. The molecule has 1 fully saturated rings. The highest BCUT2D eigenvalue weighted by atomic mass is 19.1. The van der Waals surface area contributed by atoms with E-state index in [-0.39, 0.29) is 11.4 Å². The first-order valence-electron chi connectivity index (χ1n) is 6.91. The molecular weight excluding hydrogens is 243 g/mol. The van der Waals surface area contributed by atoms with Crippen LogP contribution in [0.15, 0.2) is 24.3 Å². The van der Waals surface area contributed by atoms with Gasteiger partial charge in [-0.05, 0) is 37.5 Å². The molecule has 0 aliphatic carbocycles. The zero-order valence-corrected chi connectivity index (χ0v) is 11.6. The van der Waals surface area contributed by atoms with Gasteiger partial charge in [0.25, 0.3) is 0 Å². The summed E-state index contributed by atoms with van der Waals surface area (Å²) in [5, 5.41) is 0. The Morgan fingerprint density at radius 1 is 1.26 bits per heavy atom. The molecule has 1 aromatic rings. The lowest BCUT2D eigenvalue weighted by atomic mass is 9.90. The molecule has 0 amide bonds. The van der Waals surface area contributed by atoms with E-state index in [1.807, 2.05) is 12.1 Å². The second kappa shape index (κ2) is 6.46. The molecule has 19 heavy (non-hydrogen) atoms. The van der Waals surface area contributed by atoms with Gasteiger partial charge in [0.15, 0.2) is 0 Å². The second-order valence-electron chi connectivity index (χ2n) is 5.46. The lowest BCUT2D eigenvalue weighted by Crippen LogP contribution is -2.54. The molecule has 2 rings (SSSR count). The van der Waals surface area contributed by atoms with Crippen molar-refractivity contribution in [1.82, 2.24) is 4.90 Å². The first-order valence-corrected chi connectivity index (χ1v) is 6.91. The van der Waals surface area contributed by atoms with Crippen molar-refractivity contribution in [3.05, 3.63) is 35.6 Å². The summed E-state index contributed by atoms with van der Waals surface area (Å²) in [6.07, 6.45) is 1.88. The van der Waals surface area contributed by atoms with Crippen molar-refractivity contribution in [3.8, 4) is 0 Å². The number of halogens is 1. The second-order valence-corrected chi connectivity index (χ2v) is 5.46. The van der Waals surface area contributed by atoms with Crippen LogP contribution in [-0.2, 0) is 11.2 Å². The molecule has 1 aromatic carbocycles. The molecule has 3 nitrogen and oxygen atoms in total. The maximum Gasteiger partial charge on any atom is 0.123 e. The van der Waals surface area contributed by atoms with Crippen LogP contribution in [0.5, 0.6) is 0 Å². The van der Waals surface area contributed by atoms with Crippen LogP contribution in [0.25, 0.3) is 0 Å². The maximum atomic E-state index is 13.0. The zero-order chi connectivity index (χ0) is 13.7. The Hall–Kier alpha value is -0.970. The molecule has 0 saturated carbocycles. The Morgan fingerprint density at radius 2 is 2.00 bits per heavy atom. The number of ether oxygens (including phenoxy) is 1. The van der Waals surface area contributed by atoms with Gasteiger partial charge in [-0.1, -0.05) is 12.1 Å². The first-order chi connectivity index (χ1) is 9.14. The molecule has 0 spiro atoms. The van der Waals surface area contributed by atoms with Crippen LogP contribution >= 0.6 is 0 Å². The Kier molecular flexibility index (Phi) is 4.91. The number of hydrogen-bond acceptors (Lipinski definition) is 3. The molecular formula is C15H23FN2O. The highest BCUT2D eigenvalue weighted by Crippen LogP contribution is 2.21. The average Bonchev–Trinajstić information content (AvgIpc) is 2.71. The molecule has 106 valence electrons. The predicted octanol–water partition coefficient (Wildman–Crippen LogP) is 1.81. The molecule has 1 aliphatic rings. The van der Waals surface area contributed by atoms with Crippen LogP contribution in [0.2, 0.25) is 0 Å². The summed E-state index contributed by atoms with van der Waals surface area (Å²) in [7, 11) is 0. The fraction of sp³-hybridized carbons (Fsp3) is 0.600. The fourth-order valence-corrected chi connectivity index (χ4v) is 2.64. The van der Waals surface area contributed by atoms with Gasteiger partial charge in [-0.15, -0.1) is 0 Å². The lowest BCUT2D eigenvalue weighted by molar-refractivity contribution is 0.0939. The summed E-state index contributed by atoms with van der Waals surface area (Å²) in [6, 6.07) is 6.71. The summed E-state index contributed by atoms with van der Waals surface area (Å²) in [5.41, 5.74) is 7.04. The maximum absolute atomic E-state index is 13.0. The van der Waals surface area contributed by atoms with Crippen LogP contribution in [0.3, 0.4) is 0 Å². The number of hydrogen-bond donors (Lipinski definition) is 1. The summed E-state index contributed by atoms with van der Waals surface area (Å²) in [6.45, 7) is 6.28. The van der Waals surface area contributed by atoms with E-state index in [1.54, 1.807) is 0 Å². The van der Waals surface area contributed by atoms with Gasteiger partial charge in [-0.25, -0.2) is 4.39 Å². The van der Waals surface area contributed by atoms with Crippen molar-refractivity contribution < 1.29 is 9.13 Å². The lowest BCUT2D eigenvalue weighted by Gasteiger charge is -2.40. The molecule has 0 aromatic heterocycles. The molecule has 1 saturated heterocycles. The van der Waals surface area contributed by atoms with Crippen LogP contribution in [0, 0.1) is 5.82 Å². The SMILES string of the molecule is CC(CN)(Cc1ccc(F)cc1)N1CCCOCC1. The monoisotopic (exact) mass is 266 g/mol. The van der Waals surface area contributed by atoms with Gasteiger partial charge in [0, 0.05) is 31.8 Å². The predicted molar refractivity (Wildman–Crippen MR) is 74.6 cm³/mol. The Morgan fingerprint density at radius 3 is 2.68 bits per heavy atom. The van der Waals surface area contributed by atoms with Gasteiger partial charge < -0.3 is 10.5 Å². The minimum absolute atomic E-state index is 0.0917. The first kappa shape index (κ1) is 14.4. The molecule has 0 bridgehead atoms. The smallest absolute Gasteiger partial charge is 0.123 e. The van der Waals surface area contributed by atoms with Gasteiger partial charge in [0.2, 0.25) is 0 Å². The Bertz CT molecular complexity index is 388. The highest BCUT2D eigenvalue weighted by molar-refractivity contribution is 5.19. The quantitative estimate of drug-likeness (QED) is 0.903. The van der Waals surface area contributed by atoms with E-state index in [4.69, 9.17) is 10.5 Å². The summed E-state index contributed by atoms with van der Waals surface area (Å²) in [5.74, 6) is -0.193. The van der Waals surface area contributed by atoms with Crippen LogP contribution in [0.1, 0.15) is 18.9 Å². The number of nitrogens with two attached hydrogens (primary N) is 1. The molecule has 0 radical (unpaired) electrons. The summed E-state index contributed by atoms with van der Waals surface area (Å²) in [4.78, 5) is 2.41. The molecule has 1 heterocycles. The number of nitrogens with zero attached hydrogens (tertiary/aromatic N) is 1. The van der Waals surface area contributed by atoms with E-state index in [1.165, 1.54) is 12.1 Å². The topological polar surface area (TPSA) is 38.5 Å². The van der Waals surface area contributed by atoms with E-state index in [0.717, 1.165) is 44.7 Å². The number of benzene rings is 1. The van der Waals surface area contributed by atoms with E-state index >= 15 is 0 Å². The highest BCUT2D eigenvalue weighted by Gasteiger charge is 2.31. The van der Waals surface area contributed by atoms with Crippen molar-refractivity contribution in [1.29, 1.82) is 0 Å². The van der Waals surface area contributed by atoms with Crippen LogP contribution in [-0.4, -0.2) is 43.3 Å². The summed E-state index contributed by atoms with van der Waals surface area (Å²) >= 11 is 0. The van der Waals surface area contributed by atoms with Gasteiger partial charge in [0.05, 0.1) is 6.61 Å². The average molecular weight is 266 g/mol. The van der Waals surface area contributed by atoms with Crippen molar-refractivity contribution in [2.75, 3.05) is 32.8 Å². The Balaban J connectivity index is 2.09. The minimum atomic E-state index is -0.193. The summed E-state index contributed by atoms with van der Waals surface area (Å²) < 4.78 is 18.5. The van der Waals surface area contributed by atoms with E-state index in [2.05, 4.69) is 11.8 Å². The fourth-order valence-electron chi connectivity index (χ4n) is 2.64. The van der Waals surface area contributed by atoms with Gasteiger partial charge in [-0.3, -0.25) is 4.90 Å². The van der Waals surface area contributed by atoms with E-state index in [0.29, 0.717) is 6.54 Å². The standard InChI is InChI=1S/C15H23FN2O/c1-15(12-17,18-7-2-9-19-10-8-18)11-13-3-5-14(16)6-4-13/h3-6H,2,7-12,17H2,1H3. The van der Waals surface area contributed by atoms with Crippen molar-refractivity contribution in [2.45, 2.75) is 25.3 Å². The third-order valence-corrected chi connectivity index (χ3v) is 3.92. The molecule has 1 atom stereocenters. The molecule has 1 unspecified atom stereocenters. The van der Waals surface area contributed by atoms with Crippen molar-refractivity contribution in [3.63, 3.8) is 0 Å².